The van der Waals surface area contributed by atoms with E-state index in [1.165, 1.54) is 37.7 Å². The van der Waals surface area contributed by atoms with Crippen molar-refractivity contribution in [1.82, 2.24) is 0 Å². The fraction of sp³-hybridized carbons (Fsp3) is 0.800. The molecule has 0 aliphatic heterocycles. The predicted octanol–water partition coefficient (Wildman–Crippen LogP) is 6.68. The van der Waals surface area contributed by atoms with Gasteiger partial charge in [-0.2, -0.15) is 0 Å². The molecule has 3 rings (SSSR count). The number of fused-ring (bicyclic) bond motifs is 1. The summed E-state index contributed by atoms with van der Waals surface area (Å²) in [6.45, 7) is 12.4. The van der Waals surface area contributed by atoms with Crippen molar-refractivity contribution in [3.63, 3.8) is 0 Å². The number of allylic oxidation sites excluding steroid dienone is 3. The summed E-state index contributed by atoms with van der Waals surface area (Å²) >= 11 is 0. The smallest absolute Gasteiger partial charge is 0.0894 e. The Hall–Kier alpha value is -0.970. The minimum Gasteiger partial charge on any atom is -0.392 e. The van der Waals surface area contributed by atoms with Gasteiger partial charge in [-0.25, -0.2) is 0 Å². The quantitative estimate of drug-likeness (QED) is 0.348. The molecule has 34 heavy (non-hydrogen) atoms. The number of aliphatic hydroxyl groups excluding tert-OH is 2. The number of alkyl halides is 1. The molecule has 3 N–H and O–H groups in total. The summed E-state index contributed by atoms with van der Waals surface area (Å²) in [7, 11) is 0. The lowest BCUT2D eigenvalue weighted by Gasteiger charge is -2.44. The van der Waals surface area contributed by atoms with Crippen LogP contribution in [0.3, 0.4) is 0 Å². The SMILES string of the molecule is C=C1/C(=C\C=C2/CCC[C@]3(C)[C@@H]([C@H](C)CCCC(C)(C)O)CC[C@@H]23)C[C@@H](O)[C@@H](CCCF)[C@H]1O. The van der Waals surface area contributed by atoms with Gasteiger partial charge in [-0.1, -0.05) is 51.0 Å². The zero-order valence-corrected chi connectivity index (χ0v) is 22.0. The van der Waals surface area contributed by atoms with E-state index in [4.69, 9.17) is 0 Å². The van der Waals surface area contributed by atoms with Crippen LogP contribution in [0.15, 0.2) is 35.5 Å². The molecule has 0 radical (unpaired) electrons. The Morgan fingerprint density at radius 3 is 2.62 bits per heavy atom. The lowest BCUT2D eigenvalue weighted by atomic mass is 9.60. The highest BCUT2D eigenvalue weighted by Crippen LogP contribution is 2.60. The predicted molar refractivity (Wildman–Crippen MR) is 138 cm³/mol. The topological polar surface area (TPSA) is 60.7 Å². The summed E-state index contributed by atoms with van der Waals surface area (Å²) in [6.07, 6.45) is 13.5. The molecule has 7 atom stereocenters. The van der Waals surface area contributed by atoms with Gasteiger partial charge in [0.05, 0.1) is 24.5 Å². The highest BCUT2D eigenvalue weighted by atomic mass is 19.1. The van der Waals surface area contributed by atoms with Crippen molar-refractivity contribution < 1.29 is 19.7 Å². The van der Waals surface area contributed by atoms with E-state index in [2.05, 4.69) is 32.6 Å². The van der Waals surface area contributed by atoms with Crippen molar-refractivity contribution in [3.05, 3.63) is 35.5 Å². The molecule has 0 aromatic rings. The Morgan fingerprint density at radius 2 is 1.94 bits per heavy atom. The van der Waals surface area contributed by atoms with E-state index >= 15 is 0 Å². The third-order valence-electron chi connectivity index (χ3n) is 9.44. The molecule has 0 aromatic carbocycles. The van der Waals surface area contributed by atoms with Gasteiger partial charge in [-0.05, 0) is 106 Å². The van der Waals surface area contributed by atoms with Crippen molar-refractivity contribution in [2.45, 2.75) is 116 Å². The van der Waals surface area contributed by atoms with Crippen molar-refractivity contribution in [2.75, 3.05) is 6.67 Å². The normalized spacial score (nSPS) is 37.9. The standard InChI is InChI=1S/C30H49FO3/c1-20(9-6-16-29(3,4)34)25-14-15-26-22(10-7-17-30(25,26)5)12-13-23-19-27(32)24(11-8-18-31)28(33)21(23)2/h12-13,20,24-28,32-34H,2,6-11,14-19H2,1,3-5H3/b22-12+,23-13-/t20-,24-,25-,26+,27-,28+,30-/m1/s1. The van der Waals surface area contributed by atoms with Gasteiger partial charge in [-0.3, -0.25) is 4.39 Å². The average Bonchev–Trinajstić information content (AvgIpc) is 3.12. The minimum atomic E-state index is -0.794. The third-order valence-corrected chi connectivity index (χ3v) is 9.44. The summed E-state index contributed by atoms with van der Waals surface area (Å²) in [5, 5.41) is 31.4. The van der Waals surface area contributed by atoms with Crippen LogP contribution in [0, 0.1) is 29.1 Å². The van der Waals surface area contributed by atoms with Gasteiger partial charge in [0.2, 0.25) is 0 Å². The Labute approximate surface area is 207 Å². The maximum absolute atomic E-state index is 12.6. The van der Waals surface area contributed by atoms with Crippen LogP contribution in [0.5, 0.6) is 0 Å². The lowest BCUT2D eigenvalue weighted by Crippen LogP contribution is -2.38. The average molecular weight is 477 g/mol. The Kier molecular flexibility index (Phi) is 9.25. The van der Waals surface area contributed by atoms with Gasteiger partial charge in [0.1, 0.15) is 0 Å². The second-order valence-corrected chi connectivity index (χ2v) is 12.4. The molecular weight excluding hydrogens is 427 g/mol. The minimum absolute atomic E-state index is 0.320. The van der Waals surface area contributed by atoms with Crippen LogP contribution in [0.1, 0.15) is 98.3 Å². The van der Waals surface area contributed by atoms with Crippen LogP contribution in [0.2, 0.25) is 0 Å². The fourth-order valence-electron chi connectivity index (χ4n) is 7.48. The van der Waals surface area contributed by atoms with Gasteiger partial charge in [0.25, 0.3) is 0 Å². The molecule has 194 valence electrons. The Morgan fingerprint density at radius 1 is 1.21 bits per heavy atom. The van der Waals surface area contributed by atoms with E-state index in [1.54, 1.807) is 0 Å². The molecule has 3 nitrogen and oxygen atoms in total. The summed E-state index contributed by atoms with van der Waals surface area (Å²) in [4.78, 5) is 0. The van der Waals surface area contributed by atoms with Gasteiger partial charge in [0, 0.05) is 5.92 Å². The van der Waals surface area contributed by atoms with Crippen LogP contribution >= 0.6 is 0 Å². The molecule has 0 heterocycles. The first-order chi connectivity index (χ1) is 16.0. The molecular formula is C30H49FO3. The summed E-state index contributed by atoms with van der Waals surface area (Å²) < 4.78 is 12.6. The first-order valence-corrected chi connectivity index (χ1v) is 13.7. The van der Waals surface area contributed by atoms with Crippen LogP contribution in [-0.2, 0) is 0 Å². The van der Waals surface area contributed by atoms with Gasteiger partial charge in [-0.15, -0.1) is 0 Å². The van der Waals surface area contributed by atoms with E-state index in [0.717, 1.165) is 30.8 Å². The molecule has 3 aliphatic rings. The number of aliphatic hydroxyl groups is 3. The van der Waals surface area contributed by atoms with Crippen LogP contribution in [0.25, 0.3) is 0 Å². The highest BCUT2D eigenvalue weighted by molar-refractivity contribution is 5.39. The third kappa shape index (κ3) is 6.23. The maximum Gasteiger partial charge on any atom is 0.0894 e. The molecule has 3 fully saturated rings. The van der Waals surface area contributed by atoms with E-state index < -0.39 is 24.5 Å². The number of rotatable bonds is 9. The molecule has 3 aliphatic carbocycles. The Bertz CT molecular complexity index is 764. The van der Waals surface area contributed by atoms with Crippen LogP contribution in [-0.4, -0.2) is 39.8 Å². The van der Waals surface area contributed by atoms with Crippen LogP contribution < -0.4 is 0 Å². The molecule has 0 unspecified atom stereocenters. The number of hydrogen-bond donors (Lipinski definition) is 3. The molecule has 0 saturated heterocycles. The monoisotopic (exact) mass is 476 g/mol. The van der Waals surface area contributed by atoms with Gasteiger partial charge in [0.15, 0.2) is 0 Å². The molecule has 0 spiro atoms. The molecule has 0 amide bonds. The molecule has 0 aromatic heterocycles. The molecule has 3 saturated carbocycles. The lowest BCUT2D eigenvalue weighted by molar-refractivity contribution is 0.0125. The van der Waals surface area contributed by atoms with Crippen molar-refractivity contribution >= 4 is 0 Å². The maximum atomic E-state index is 12.6. The summed E-state index contributed by atoms with van der Waals surface area (Å²) in [6, 6.07) is 0. The highest BCUT2D eigenvalue weighted by Gasteiger charge is 2.50. The summed E-state index contributed by atoms with van der Waals surface area (Å²) in [5.41, 5.74) is 2.90. The zero-order valence-electron chi connectivity index (χ0n) is 22.0. The zero-order chi connectivity index (χ0) is 25.1. The number of halogens is 1. The molecule has 4 heteroatoms. The van der Waals surface area contributed by atoms with E-state index in [1.807, 2.05) is 13.8 Å². The van der Waals surface area contributed by atoms with Crippen molar-refractivity contribution in [1.29, 1.82) is 0 Å². The van der Waals surface area contributed by atoms with Gasteiger partial charge >= 0.3 is 0 Å². The molecule has 0 bridgehead atoms. The van der Waals surface area contributed by atoms with E-state index in [0.29, 0.717) is 42.1 Å². The Balaban J connectivity index is 1.69. The van der Waals surface area contributed by atoms with Crippen molar-refractivity contribution in [3.8, 4) is 0 Å². The first kappa shape index (κ1) is 27.6. The second-order valence-electron chi connectivity index (χ2n) is 12.4. The largest absolute Gasteiger partial charge is 0.392 e. The first-order valence-electron chi connectivity index (χ1n) is 13.7. The van der Waals surface area contributed by atoms with E-state index in [9.17, 15) is 19.7 Å². The van der Waals surface area contributed by atoms with Crippen LogP contribution in [0.4, 0.5) is 4.39 Å². The van der Waals surface area contributed by atoms with Gasteiger partial charge < -0.3 is 15.3 Å². The van der Waals surface area contributed by atoms with Crippen molar-refractivity contribution in [2.24, 2.45) is 29.1 Å². The number of hydrogen-bond acceptors (Lipinski definition) is 3. The summed E-state index contributed by atoms with van der Waals surface area (Å²) in [5.74, 6) is 1.67. The second kappa shape index (κ2) is 11.4. The van der Waals surface area contributed by atoms with E-state index in [-0.39, 0.29) is 5.92 Å². The fourth-order valence-corrected chi connectivity index (χ4v) is 7.48.